The Bertz CT molecular complexity index is 1100. The molecule has 3 atom stereocenters. The molecule has 36 heavy (non-hydrogen) atoms. The molecule has 9 heteroatoms. The lowest BCUT2D eigenvalue weighted by molar-refractivity contribution is -0.117. The molecule has 0 unspecified atom stereocenters. The Balaban J connectivity index is 1.65. The topological polar surface area (TPSA) is 101 Å². The van der Waals surface area contributed by atoms with Crippen molar-refractivity contribution in [1.29, 1.82) is 0 Å². The third-order valence-corrected chi connectivity index (χ3v) is 6.83. The van der Waals surface area contributed by atoms with Gasteiger partial charge in [-0.05, 0) is 50.1 Å². The zero-order chi connectivity index (χ0) is 25.8. The van der Waals surface area contributed by atoms with Crippen LogP contribution in [0.15, 0.2) is 42.7 Å². The van der Waals surface area contributed by atoms with E-state index in [1.165, 1.54) is 0 Å². The molecule has 1 aromatic heterocycles. The van der Waals surface area contributed by atoms with Gasteiger partial charge in [-0.15, -0.1) is 0 Å². The second kappa shape index (κ2) is 11.1. The van der Waals surface area contributed by atoms with Gasteiger partial charge in [-0.1, -0.05) is 6.92 Å². The van der Waals surface area contributed by atoms with Crippen LogP contribution in [-0.2, 0) is 9.53 Å². The van der Waals surface area contributed by atoms with Gasteiger partial charge in [-0.25, -0.2) is 0 Å². The van der Waals surface area contributed by atoms with Crippen LogP contribution in [-0.4, -0.2) is 78.5 Å². The number of hydrogen-bond acceptors (Lipinski definition) is 6. The Morgan fingerprint density at radius 3 is 2.61 bits per heavy atom. The lowest BCUT2D eigenvalue weighted by atomic mass is 10.0. The van der Waals surface area contributed by atoms with E-state index in [1.807, 2.05) is 13.8 Å². The first kappa shape index (κ1) is 25.6. The zero-order valence-electron chi connectivity index (χ0n) is 21.3. The Labute approximate surface area is 211 Å². The molecule has 0 radical (unpaired) electrons. The van der Waals surface area contributed by atoms with Crippen LogP contribution in [0.5, 0.6) is 5.75 Å². The van der Waals surface area contributed by atoms with Crippen LogP contribution in [0.4, 0.5) is 5.69 Å². The van der Waals surface area contributed by atoms with Crippen molar-refractivity contribution < 1.29 is 23.9 Å². The summed E-state index contributed by atoms with van der Waals surface area (Å²) < 4.78 is 11.9. The van der Waals surface area contributed by atoms with Gasteiger partial charge in [0.05, 0.1) is 23.3 Å². The molecule has 192 valence electrons. The van der Waals surface area contributed by atoms with E-state index in [9.17, 15) is 14.4 Å². The van der Waals surface area contributed by atoms with Gasteiger partial charge in [0, 0.05) is 57.2 Å². The number of nitrogens with zero attached hydrogens (tertiary/aromatic N) is 3. The predicted octanol–water partition coefficient (Wildman–Crippen LogP) is 3.08. The number of carbonyl (C=O) groups excluding carboxylic acids is 3. The molecular weight excluding hydrogens is 460 g/mol. The number of rotatable bonds is 4. The van der Waals surface area contributed by atoms with Gasteiger partial charge in [0.2, 0.25) is 5.91 Å². The summed E-state index contributed by atoms with van der Waals surface area (Å²) in [6, 6.07) is 8.30. The van der Waals surface area contributed by atoms with Crippen molar-refractivity contribution in [3.05, 3.63) is 53.9 Å². The number of carbonyl (C=O) groups is 3. The van der Waals surface area contributed by atoms with Crippen LogP contribution < -0.4 is 10.1 Å². The maximum atomic E-state index is 13.5. The molecular formula is C27H34N4O5. The van der Waals surface area contributed by atoms with Gasteiger partial charge >= 0.3 is 0 Å². The van der Waals surface area contributed by atoms with Gasteiger partial charge in [0.15, 0.2) is 0 Å². The maximum absolute atomic E-state index is 13.5. The number of nitrogens with one attached hydrogen (secondary N) is 1. The van der Waals surface area contributed by atoms with Gasteiger partial charge in [-0.2, -0.15) is 0 Å². The number of amides is 3. The SMILES string of the molecule is CO[C@H]1CN(C)C(=O)c2cc(NC(=O)C3CC3)ccc2OC[C@@H](C)N(C(=O)c2cccnc2)C[C@@H]1C. The predicted molar refractivity (Wildman–Crippen MR) is 135 cm³/mol. The van der Waals surface area contributed by atoms with Crippen LogP contribution in [0.3, 0.4) is 0 Å². The molecule has 2 heterocycles. The molecule has 2 aromatic rings. The number of methoxy groups -OCH3 is 1. The Kier molecular flexibility index (Phi) is 7.88. The summed E-state index contributed by atoms with van der Waals surface area (Å²) in [7, 11) is 3.33. The Morgan fingerprint density at radius 1 is 1.17 bits per heavy atom. The summed E-state index contributed by atoms with van der Waals surface area (Å²) in [5.74, 6) is -0.0000637. The smallest absolute Gasteiger partial charge is 0.257 e. The van der Waals surface area contributed by atoms with Crippen LogP contribution >= 0.6 is 0 Å². The summed E-state index contributed by atoms with van der Waals surface area (Å²) in [4.78, 5) is 46.6. The monoisotopic (exact) mass is 494 g/mol. The number of fused-ring (bicyclic) bond motifs is 1. The Morgan fingerprint density at radius 2 is 1.94 bits per heavy atom. The fourth-order valence-corrected chi connectivity index (χ4v) is 4.38. The van der Waals surface area contributed by atoms with E-state index in [4.69, 9.17) is 9.47 Å². The number of anilines is 1. The standard InChI is InChI=1S/C27H34N4O5/c1-17-14-31(26(33)20-6-5-11-28-13-20)18(2)16-36-23-10-9-21(29-25(32)19-7-8-19)12-22(23)27(34)30(3)15-24(17)35-4/h5-6,9-13,17-19,24H,7-8,14-16H2,1-4H3,(H,29,32)/t17-,18+,24-/m0/s1. The molecule has 3 amide bonds. The third-order valence-electron chi connectivity index (χ3n) is 6.83. The average molecular weight is 495 g/mol. The molecule has 1 fully saturated rings. The van der Waals surface area contributed by atoms with E-state index in [2.05, 4.69) is 10.3 Å². The summed E-state index contributed by atoms with van der Waals surface area (Å²) >= 11 is 0. The van der Waals surface area contributed by atoms with Gasteiger partial charge in [-0.3, -0.25) is 19.4 Å². The normalized spacial score (nSPS) is 23.1. The number of ether oxygens (including phenoxy) is 2. The molecule has 0 spiro atoms. The van der Waals surface area contributed by atoms with Crippen LogP contribution in [0.2, 0.25) is 0 Å². The van der Waals surface area contributed by atoms with E-state index in [0.29, 0.717) is 35.7 Å². The van der Waals surface area contributed by atoms with Crippen molar-refractivity contribution in [1.82, 2.24) is 14.8 Å². The first-order chi connectivity index (χ1) is 17.3. The van der Waals surface area contributed by atoms with E-state index < -0.39 is 0 Å². The third kappa shape index (κ3) is 5.84. The molecule has 1 saturated carbocycles. The lowest BCUT2D eigenvalue weighted by Crippen LogP contribution is -2.48. The molecule has 0 bridgehead atoms. The van der Waals surface area contributed by atoms with Crippen LogP contribution in [0, 0.1) is 11.8 Å². The molecule has 2 aliphatic rings. The van der Waals surface area contributed by atoms with E-state index >= 15 is 0 Å². The van der Waals surface area contributed by atoms with Gasteiger partial charge in [0.1, 0.15) is 12.4 Å². The largest absolute Gasteiger partial charge is 0.491 e. The second-order valence-corrected chi connectivity index (χ2v) is 9.77. The molecule has 1 aliphatic heterocycles. The van der Waals surface area contributed by atoms with E-state index in [0.717, 1.165) is 12.8 Å². The van der Waals surface area contributed by atoms with Crippen molar-refractivity contribution in [2.75, 3.05) is 39.2 Å². The second-order valence-electron chi connectivity index (χ2n) is 9.77. The highest BCUT2D eigenvalue weighted by Gasteiger charge is 2.32. The minimum atomic E-state index is -0.295. The summed E-state index contributed by atoms with van der Waals surface area (Å²) in [6.45, 7) is 4.88. The molecule has 1 aromatic carbocycles. The van der Waals surface area contributed by atoms with Gasteiger partial charge < -0.3 is 24.6 Å². The number of likely N-dealkylation sites (N-methyl/N-ethyl adjacent to an activating group) is 1. The Hall–Kier alpha value is -3.46. The van der Waals surface area contributed by atoms with Crippen molar-refractivity contribution in [3.63, 3.8) is 0 Å². The van der Waals surface area contributed by atoms with Crippen LogP contribution in [0.25, 0.3) is 0 Å². The number of pyridine rings is 1. The van der Waals surface area contributed by atoms with Crippen molar-refractivity contribution in [2.24, 2.45) is 11.8 Å². The summed E-state index contributed by atoms with van der Waals surface area (Å²) in [5.41, 5.74) is 1.41. The fourth-order valence-electron chi connectivity index (χ4n) is 4.38. The molecule has 1 aliphatic carbocycles. The quantitative estimate of drug-likeness (QED) is 0.701. The van der Waals surface area contributed by atoms with E-state index in [1.54, 1.807) is 66.7 Å². The lowest BCUT2D eigenvalue weighted by Gasteiger charge is -2.36. The number of aromatic nitrogens is 1. The molecule has 1 N–H and O–H groups in total. The average Bonchev–Trinajstić information content (AvgIpc) is 3.74. The first-order valence-electron chi connectivity index (χ1n) is 12.4. The molecule has 9 nitrogen and oxygen atoms in total. The van der Waals surface area contributed by atoms with Crippen molar-refractivity contribution in [3.8, 4) is 5.75 Å². The highest BCUT2D eigenvalue weighted by molar-refractivity contribution is 6.00. The maximum Gasteiger partial charge on any atom is 0.257 e. The zero-order valence-corrected chi connectivity index (χ0v) is 21.3. The number of hydrogen-bond donors (Lipinski definition) is 1. The van der Waals surface area contributed by atoms with Crippen LogP contribution in [0.1, 0.15) is 47.4 Å². The first-order valence-corrected chi connectivity index (χ1v) is 12.4. The van der Waals surface area contributed by atoms with Crippen molar-refractivity contribution in [2.45, 2.75) is 38.8 Å². The summed E-state index contributed by atoms with van der Waals surface area (Å²) in [6.07, 6.45) is 4.68. The minimum absolute atomic E-state index is 0.0312. The highest BCUT2D eigenvalue weighted by atomic mass is 16.5. The van der Waals surface area contributed by atoms with E-state index in [-0.39, 0.29) is 48.3 Å². The van der Waals surface area contributed by atoms with Crippen molar-refractivity contribution >= 4 is 23.4 Å². The van der Waals surface area contributed by atoms with Gasteiger partial charge in [0.25, 0.3) is 11.8 Å². The fraction of sp³-hybridized carbons (Fsp3) is 0.481. The molecule has 0 saturated heterocycles. The molecule has 4 rings (SSSR count). The highest BCUT2D eigenvalue weighted by Crippen LogP contribution is 2.31. The minimum Gasteiger partial charge on any atom is -0.491 e. The number of benzene rings is 1. The summed E-state index contributed by atoms with van der Waals surface area (Å²) in [5, 5.41) is 2.90.